The van der Waals surface area contributed by atoms with Crippen molar-refractivity contribution in [3.05, 3.63) is 65.5 Å². The minimum absolute atomic E-state index is 0.00143. The van der Waals surface area contributed by atoms with Crippen molar-refractivity contribution in [2.24, 2.45) is 58.0 Å². The van der Waals surface area contributed by atoms with Gasteiger partial charge in [-0.1, -0.05) is 79.9 Å². The number of piperazine rings is 1. The van der Waals surface area contributed by atoms with Gasteiger partial charge in [0.25, 0.3) is 11.8 Å². The lowest BCUT2D eigenvalue weighted by molar-refractivity contribution is -0.163. The van der Waals surface area contributed by atoms with Gasteiger partial charge in [-0.2, -0.15) is 5.10 Å². The van der Waals surface area contributed by atoms with Crippen molar-refractivity contribution >= 4 is 41.2 Å². The van der Waals surface area contributed by atoms with E-state index in [4.69, 9.17) is 77.4 Å². The van der Waals surface area contributed by atoms with Gasteiger partial charge in [0.1, 0.15) is 30.2 Å². The lowest BCUT2D eigenvalue weighted by Gasteiger charge is -2.61. The number of nitrogens with one attached hydrogen (secondary N) is 2. The molecule has 5 aliphatic rings. The average molecular weight is 1650 g/mol. The summed E-state index contributed by atoms with van der Waals surface area (Å²) in [6.45, 7) is 32.4. The molecule has 0 spiro atoms. The van der Waals surface area contributed by atoms with Gasteiger partial charge < -0.3 is 87.7 Å². The molecule has 117 heavy (non-hydrogen) atoms. The molecule has 4 aliphatic carbocycles. The number of halogens is 1. The number of rotatable bonds is 54. The molecule has 1 aromatic carbocycles. The van der Waals surface area contributed by atoms with Gasteiger partial charge in [0.05, 0.1) is 189 Å². The van der Waals surface area contributed by atoms with Crippen LogP contribution in [0.15, 0.2) is 42.7 Å². The summed E-state index contributed by atoms with van der Waals surface area (Å²) in [5.41, 5.74) is 8.33. The van der Waals surface area contributed by atoms with E-state index >= 15 is 0 Å². The number of nitrogens with two attached hydrogens (primary N) is 1. The van der Waals surface area contributed by atoms with Crippen LogP contribution in [0.2, 0.25) is 0 Å². The number of aromatic nitrogens is 6. The first kappa shape index (κ1) is 94.1. The van der Waals surface area contributed by atoms with Crippen LogP contribution in [0.4, 0.5) is 4.39 Å². The number of amides is 5. The normalized spacial score (nSPS) is 22.4. The number of imidazole rings is 1. The quantitative estimate of drug-likeness (QED) is 0.0274. The number of ether oxygens (including phenoxy) is 13. The second kappa shape index (κ2) is 47.5. The van der Waals surface area contributed by atoms with Crippen molar-refractivity contribution in [1.29, 1.82) is 0 Å². The van der Waals surface area contributed by atoms with Gasteiger partial charge in [0.2, 0.25) is 17.7 Å². The number of carbonyl (C=O) groups excluding carboxylic acids is 6. The fourth-order valence-electron chi connectivity index (χ4n) is 18.3. The van der Waals surface area contributed by atoms with E-state index in [1.165, 1.54) is 80.8 Å². The molecule has 4 unspecified atom stereocenters. The number of primary amides is 1. The fraction of sp³-hybridized carbons (Fsp3) is 0.767. The molecule has 4 N–H and O–H groups in total. The highest BCUT2D eigenvalue weighted by Gasteiger charge is 2.61. The van der Waals surface area contributed by atoms with Gasteiger partial charge >= 0.3 is 5.97 Å². The highest BCUT2D eigenvalue weighted by atomic mass is 19.1. The number of hydrogen-bond donors (Lipinski definition) is 3. The van der Waals surface area contributed by atoms with Gasteiger partial charge in [-0.3, -0.25) is 28.8 Å². The van der Waals surface area contributed by atoms with E-state index in [0.717, 1.165) is 65.9 Å². The molecule has 4 aromatic rings. The van der Waals surface area contributed by atoms with Crippen LogP contribution in [0.3, 0.4) is 0 Å². The molecule has 656 valence electrons. The number of esters is 1. The number of nitrogens with zero attached hydrogens (tertiary/aromatic N) is 8. The van der Waals surface area contributed by atoms with Crippen molar-refractivity contribution < 1.29 is 94.7 Å². The average Bonchev–Trinajstić information content (AvgIpc) is 1.67. The molecule has 4 heterocycles. The SMILES string of the molecule is CC(C)CCC[C@H](C)[C@H]1CCC2C3CCC4C[C@@H](OC(=O)C[C@@H](NC(=O)CCOCCOCCOCCOCCOCCOCCOCCOCCOCCOCCOCCOCCNC(=O)Cn5cc(C(=O)N6CCN(C(=O)c7cn8nc(-c9ccc(F)cc9)cc(C(C)(C)C)c8n7)C(C)(C)C6)nn5)C(N)=O)CC[C@]4(C)C3CC[C@@]21C. The molecule has 5 fully saturated rings. The zero-order chi connectivity index (χ0) is 83.8. The van der Waals surface area contributed by atoms with E-state index in [2.05, 4.69) is 76.3 Å². The Bertz CT molecular complexity index is 3690. The topological polar surface area (TPSA) is 340 Å². The van der Waals surface area contributed by atoms with Gasteiger partial charge in [0, 0.05) is 43.7 Å². The third-order valence-corrected chi connectivity index (χ3v) is 24.4. The summed E-state index contributed by atoms with van der Waals surface area (Å²) in [6.07, 6.45) is 17.3. The monoisotopic (exact) mass is 1650 g/mol. The first-order chi connectivity index (χ1) is 56.2. The Labute approximate surface area is 691 Å². The molecule has 30 nitrogen and oxygen atoms in total. The largest absolute Gasteiger partial charge is 0.462 e. The van der Waals surface area contributed by atoms with Crippen LogP contribution in [0.1, 0.15) is 186 Å². The van der Waals surface area contributed by atoms with E-state index in [0.29, 0.717) is 161 Å². The summed E-state index contributed by atoms with van der Waals surface area (Å²) >= 11 is 0. The van der Waals surface area contributed by atoms with Crippen LogP contribution in [-0.4, -0.2) is 277 Å². The number of carbonyl (C=O) groups is 6. The van der Waals surface area contributed by atoms with Crippen LogP contribution in [0.5, 0.6) is 0 Å². The Morgan fingerprint density at radius 2 is 1.15 bits per heavy atom. The molecule has 5 amide bonds. The third-order valence-electron chi connectivity index (χ3n) is 24.4. The zero-order valence-corrected chi connectivity index (χ0v) is 71.4. The van der Waals surface area contributed by atoms with E-state index in [9.17, 15) is 33.2 Å². The molecule has 1 aliphatic heterocycles. The molecule has 3 aromatic heterocycles. The fourth-order valence-corrected chi connectivity index (χ4v) is 18.3. The first-order valence-electron chi connectivity index (χ1n) is 42.9. The maximum absolute atomic E-state index is 14.1. The van der Waals surface area contributed by atoms with Crippen molar-refractivity contribution in [3.8, 4) is 11.3 Å². The van der Waals surface area contributed by atoms with Crippen LogP contribution in [-0.2, 0) is 92.7 Å². The molecular weight excluding hydrogens is 1510 g/mol. The summed E-state index contributed by atoms with van der Waals surface area (Å²) in [5, 5.41) is 18.2. The van der Waals surface area contributed by atoms with Crippen LogP contribution >= 0.6 is 0 Å². The number of fused-ring (bicyclic) bond motifs is 6. The standard InChI is InChI=1S/C86H136FN11O19/c1-61(2)12-11-13-62(3)68-20-21-69-67-19-16-64-54-66(22-25-85(64,9)70(67)23-26-86(68,69)10)117-78(101)56-73(79(88)102)90-76(99)24-30-105-32-34-107-36-38-109-40-42-111-44-46-113-48-50-115-52-53-116-51-49-114-47-45-112-43-41-110-39-37-108-35-33-106-31-27-89-77(100)59-96-57-75(92-94-96)81(103)95-28-29-97(84(7,8)60-95)82(104)74-58-98-80(91-74)71(83(4,5)6)55-72(93-98)63-14-17-65(87)18-15-63/h14-15,17-18,55,57-58,61-62,64,66-70,73H,11-13,16,19-54,56,59-60H2,1-10H3,(H2,88,102)(H,89,100)(H,90,99)/t62-,64?,66-,67?,68+,69?,70?,73+,85-,86+/m0/s1. The highest BCUT2D eigenvalue weighted by Crippen LogP contribution is 2.68. The van der Waals surface area contributed by atoms with Crippen molar-refractivity contribution in [3.63, 3.8) is 0 Å². The Hall–Kier alpha value is -6.75. The van der Waals surface area contributed by atoms with Crippen molar-refractivity contribution in [2.45, 2.75) is 189 Å². The molecule has 31 heteroatoms. The van der Waals surface area contributed by atoms with E-state index in [-0.39, 0.29) is 117 Å². The van der Waals surface area contributed by atoms with Gasteiger partial charge in [-0.05, 0) is 160 Å². The maximum atomic E-state index is 14.1. The summed E-state index contributed by atoms with van der Waals surface area (Å²) in [7, 11) is 0. The molecule has 9 rings (SSSR count). The van der Waals surface area contributed by atoms with Gasteiger partial charge in [0.15, 0.2) is 11.3 Å². The molecule has 10 atom stereocenters. The number of hydrogen-bond acceptors (Lipinski definition) is 23. The van der Waals surface area contributed by atoms with Crippen LogP contribution in [0.25, 0.3) is 16.9 Å². The third kappa shape index (κ3) is 29.0. The van der Waals surface area contributed by atoms with E-state index < -0.39 is 29.4 Å². The van der Waals surface area contributed by atoms with E-state index in [1.807, 2.05) is 19.9 Å². The summed E-state index contributed by atoms with van der Waals surface area (Å²) in [4.78, 5) is 86.9. The van der Waals surface area contributed by atoms with Crippen molar-refractivity contribution in [2.75, 3.05) is 185 Å². The second-order valence-electron chi connectivity index (χ2n) is 34.6. The van der Waals surface area contributed by atoms with Gasteiger partial charge in [-0.25, -0.2) is 18.6 Å². The summed E-state index contributed by atoms with van der Waals surface area (Å²) in [6, 6.07) is 6.87. The van der Waals surface area contributed by atoms with Crippen LogP contribution < -0.4 is 16.4 Å². The minimum Gasteiger partial charge on any atom is -0.462 e. The minimum atomic E-state index is -1.16. The van der Waals surface area contributed by atoms with Crippen LogP contribution in [0, 0.1) is 58.1 Å². The molecule has 0 radical (unpaired) electrons. The Balaban J connectivity index is 0.469. The smallest absolute Gasteiger partial charge is 0.308 e. The molecule has 1 saturated heterocycles. The Kier molecular flexibility index (Phi) is 38.2. The van der Waals surface area contributed by atoms with Gasteiger partial charge in [-0.15, -0.1) is 5.10 Å². The predicted molar refractivity (Wildman–Crippen MR) is 434 cm³/mol. The molecule has 0 bridgehead atoms. The number of benzene rings is 1. The molecular formula is C86H136FN11O19. The predicted octanol–water partition coefficient (Wildman–Crippen LogP) is 8.90. The first-order valence-corrected chi connectivity index (χ1v) is 42.9. The maximum Gasteiger partial charge on any atom is 0.308 e. The lowest BCUT2D eigenvalue weighted by atomic mass is 9.44. The van der Waals surface area contributed by atoms with Crippen molar-refractivity contribution in [1.82, 2.24) is 50.0 Å². The van der Waals surface area contributed by atoms with E-state index in [1.54, 1.807) is 32.6 Å². The zero-order valence-electron chi connectivity index (χ0n) is 71.4. The lowest BCUT2D eigenvalue weighted by Crippen LogP contribution is -2.62. The molecule has 4 saturated carbocycles. The Morgan fingerprint density at radius 3 is 1.68 bits per heavy atom. The summed E-state index contributed by atoms with van der Waals surface area (Å²) < 4.78 is 89.5. The highest BCUT2D eigenvalue weighted by molar-refractivity contribution is 5.95. The second-order valence-corrected chi connectivity index (χ2v) is 34.6. The summed E-state index contributed by atoms with van der Waals surface area (Å²) in [5.74, 6) is 2.24. The Morgan fingerprint density at radius 1 is 0.607 bits per heavy atom.